The van der Waals surface area contributed by atoms with Crippen molar-refractivity contribution in [3.63, 3.8) is 0 Å². The van der Waals surface area contributed by atoms with Crippen molar-refractivity contribution >= 4 is 0 Å². The van der Waals surface area contributed by atoms with Crippen molar-refractivity contribution in [3.05, 3.63) is 58.9 Å². The topological polar surface area (TPSA) is 12.0 Å². The van der Waals surface area contributed by atoms with Crippen LogP contribution in [0.15, 0.2) is 42.0 Å². The zero-order chi connectivity index (χ0) is 16.8. The molecule has 0 atom stereocenters. The van der Waals surface area contributed by atoms with Gasteiger partial charge in [-0.2, -0.15) is 0 Å². The molecule has 0 spiro atoms. The molecule has 0 heterocycles. The van der Waals surface area contributed by atoms with Crippen LogP contribution in [0.5, 0.6) is 0 Å². The van der Waals surface area contributed by atoms with Crippen molar-refractivity contribution in [2.24, 2.45) is 5.92 Å². The Morgan fingerprint density at radius 3 is 2.67 bits per heavy atom. The monoisotopic (exact) mass is 327 g/mol. The van der Waals surface area contributed by atoms with E-state index in [0.717, 1.165) is 30.9 Å². The molecule has 0 aromatic heterocycles. The quantitative estimate of drug-likeness (QED) is 0.681. The van der Waals surface area contributed by atoms with Crippen LogP contribution < -0.4 is 5.32 Å². The molecule has 2 heteroatoms. The van der Waals surface area contributed by atoms with Gasteiger partial charge in [0.15, 0.2) is 0 Å². The van der Waals surface area contributed by atoms with E-state index in [0.29, 0.717) is 6.04 Å². The van der Waals surface area contributed by atoms with E-state index < -0.39 is 0 Å². The summed E-state index contributed by atoms with van der Waals surface area (Å²) in [4.78, 5) is 0. The minimum absolute atomic E-state index is 0.130. The lowest BCUT2D eigenvalue weighted by atomic mass is 9.80. The fraction of sp³-hybridized carbons (Fsp3) is 0.545. The normalized spacial score (nSPS) is 24.0. The molecule has 0 radical (unpaired) electrons. The largest absolute Gasteiger partial charge is 0.314 e. The van der Waals surface area contributed by atoms with Crippen LogP contribution in [0, 0.1) is 18.7 Å². The molecule has 0 unspecified atom stereocenters. The van der Waals surface area contributed by atoms with Crippen LogP contribution in [0.4, 0.5) is 4.39 Å². The van der Waals surface area contributed by atoms with Gasteiger partial charge < -0.3 is 5.32 Å². The van der Waals surface area contributed by atoms with Crippen molar-refractivity contribution < 1.29 is 4.39 Å². The molecular weight excluding hydrogens is 297 g/mol. The molecule has 1 nitrogen and oxygen atoms in total. The number of benzene rings is 1. The highest BCUT2D eigenvalue weighted by molar-refractivity contribution is 5.27. The van der Waals surface area contributed by atoms with E-state index in [1.165, 1.54) is 44.1 Å². The molecule has 3 rings (SSSR count). The zero-order valence-corrected chi connectivity index (χ0v) is 14.9. The van der Waals surface area contributed by atoms with Crippen LogP contribution >= 0.6 is 0 Å². The van der Waals surface area contributed by atoms with Gasteiger partial charge in [0, 0.05) is 6.04 Å². The lowest BCUT2D eigenvalue weighted by molar-refractivity contribution is 0.320. The average molecular weight is 327 g/mol. The van der Waals surface area contributed by atoms with Crippen LogP contribution in [0.2, 0.25) is 0 Å². The number of hydrogen-bond acceptors (Lipinski definition) is 1. The molecule has 1 N–H and O–H groups in total. The summed E-state index contributed by atoms with van der Waals surface area (Å²) in [6.07, 6.45) is 17.0. The summed E-state index contributed by atoms with van der Waals surface area (Å²) in [7, 11) is 0. The molecule has 130 valence electrons. The van der Waals surface area contributed by atoms with E-state index in [4.69, 9.17) is 0 Å². The Morgan fingerprint density at radius 2 is 1.96 bits per heavy atom. The summed E-state index contributed by atoms with van der Waals surface area (Å²) in [6.45, 7) is 3.07. The smallest absolute Gasteiger partial charge is 0.123 e. The van der Waals surface area contributed by atoms with Crippen LogP contribution in [0.3, 0.4) is 0 Å². The standard InChI is InChI=1S/C22H30FN/c1-17-16-21(23)12-9-18(17)8-5-15-24-22-13-10-20(11-14-22)19-6-3-2-4-7-19/h3,6-7,9,12,16,20,22,24H,2,4-5,8,10-11,13-15H2,1H3. The van der Waals surface area contributed by atoms with Gasteiger partial charge in [-0.25, -0.2) is 4.39 Å². The lowest BCUT2D eigenvalue weighted by Gasteiger charge is -2.30. The van der Waals surface area contributed by atoms with E-state index in [1.54, 1.807) is 17.7 Å². The van der Waals surface area contributed by atoms with E-state index in [9.17, 15) is 4.39 Å². The molecule has 2 aliphatic carbocycles. The Morgan fingerprint density at radius 1 is 1.12 bits per heavy atom. The predicted octanol–water partition coefficient (Wildman–Crippen LogP) is 5.49. The fourth-order valence-electron chi connectivity index (χ4n) is 4.09. The van der Waals surface area contributed by atoms with Crippen molar-refractivity contribution in [1.29, 1.82) is 0 Å². The first-order valence-electron chi connectivity index (χ1n) is 9.57. The molecule has 24 heavy (non-hydrogen) atoms. The molecule has 1 aromatic rings. The molecule has 1 saturated carbocycles. The van der Waals surface area contributed by atoms with Crippen molar-refractivity contribution in [3.8, 4) is 0 Å². The fourth-order valence-corrected chi connectivity index (χ4v) is 4.09. The Balaban J connectivity index is 1.35. The highest BCUT2D eigenvalue weighted by Crippen LogP contribution is 2.32. The molecule has 0 amide bonds. The van der Waals surface area contributed by atoms with Gasteiger partial charge in [0.1, 0.15) is 5.82 Å². The summed E-state index contributed by atoms with van der Waals surface area (Å²) < 4.78 is 13.1. The molecule has 0 bridgehead atoms. The summed E-state index contributed by atoms with van der Waals surface area (Å²) in [5.74, 6) is 0.663. The first-order valence-corrected chi connectivity index (χ1v) is 9.57. The predicted molar refractivity (Wildman–Crippen MR) is 99.7 cm³/mol. The highest BCUT2D eigenvalue weighted by atomic mass is 19.1. The SMILES string of the molecule is Cc1cc(F)ccc1CCCNC1CCC(C2=CCCC=C2)CC1. The number of hydrogen-bond donors (Lipinski definition) is 1. The maximum atomic E-state index is 13.1. The lowest BCUT2D eigenvalue weighted by Crippen LogP contribution is -2.34. The minimum Gasteiger partial charge on any atom is -0.314 e. The van der Waals surface area contributed by atoms with Crippen LogP contribution in [-0.2, 0) is 6.42 Å². The van der Waals surface area contributed by atoms with Gasteiger partial charge in [-0.3, -0.25) is 0 Å². The van der Waals surface area contributed by atoms with E-state index in [-0.39, 0.29) is 5.82 Å². The first-order chi connectivity index (χ1) is 11.7. The van der Waals surface area contributed by atoms with Gasteiger partial charge in [0.25, 0.3) is 0 Å². The number of halogens is 1. The Labute approximate surface area is 146 Å². The summed E-state index contributed by atoms with van der Waals surface area (Å²) in [5, 5.41) is 3.73. The van der Waals surface area contributed by atoms with Gasteiger partial charge in [-0.05, 0) is 99.6 Å². The molecule has 0 saturated heterocycles. The molecule has 1 aromatic carbocycles. The van der Waals surface area contributed by atoms with Crippen LogP contribution in [0.25, 0.3) is 0 Å². The minimum atomic E-state index is -0.130. The van der Waals surface area contributed by atoms with Crippen LogP contribution in [0.1, 0.15) is 56.1 Å². The van der Waals surface area contributed by atoms with E-state index in [2.05, 4.69) is 23.5 Å². The van der Waals surface area contributed by atoms with Crippen molar-refractivity contribution in [1.82, 2.24) is 5.32 Å². The third kappa shape index (κ3) is 4.80. The first kappa shape index (κ1) is 17.4. The average Bonchev–Trinajstić information content (AvgIpc) is 2.61. The second-order valence-corrected chi connectivity index (χ2v) is 7.36. The van der Waals surface area contributed by atoms with E-state index in [1.807, 2.05) is 13.0 Å². The van der Waals surface area contributed by atoms with Gasteiger partial charge in [-0.15, -0.1) is 0 Å². The van der Waals surface area contributed by atoms with Gasteiger partial charge in [-0.1, -0.05) is 24.3 Å². The number of nitrogens with one attached hydrogen (secondary N) is 1. The summed E-state index contributed by atoms with van der Waals surface area (Å²) in [6, 6.07) is 5.83. The van der Waals surface area contributed by atoms with Gasteiger partial charge in [0.2, 0.25) is 0 Å². The number of allylic oxidation sites excluding steroid dienone is 4. The Hall–Kier alpha value is -1.41. The number of rotatable bonds is 6. The van der Waals surface area contributed by atoms with Crippen molar-refractivity contribution in [2.75, 3.05) is 6.54 Å². The summed E-state index contributed by atoms with van der Waals surface area (Å²) >= 11 is 0. The molecule has 2 aliphatic rings. The molecule has 1 fully saturated rings. The summed E-state index contributed by atoms with van der Waals surface area (Å²) in [5.41, 5.74) is 3.94. The van der Waals surface area contributed by atoms with Crippen LogP contribution in [-0.4, -0.2) is 12.6 Å². The van der Waals surface area contributed by atoms with Gasteiger partial charge >= 0.3 is 0 Å². The number of aryl methyl sites for hydroxylation is 2. The second-order valence-electron chi connectivity index (χ2n) is 7.36. The Bertz CT molecular complexity index is 594. The molecule has 0 aliphatic heterocycles. The second kappa shape index (κ2) is 8.62. The van der Waals surface area contributed by atoms with Crippen molar-refractivity contribution in [2.45, 2.75) is 64.3 Å². The van der Waals surface area contributed by atoms with E-state index >= 15 is 0 Å². The third-order valence-electron chi connectivity index (χ3n) is 5.58. The maximum Gasteiger partial charge on any atom is 0.123 e. The highest BCUT2D eigenvalue weighted by Gasteiger charge is 2.22. The Kier molecular flexibility index (Phi) is 6.25. The zero-order valence-electron chi connectivity index (χ0n) is 14.9. The van der Waals surface area contributed by atoms with Gasteiger partial charge in [0.05, 0.1) is 0 Å². The molecular formula is C22H30FN. The third-order valence-corrected chi connectivity index (χ3v) is 5.58. The maximum absolute atomic E-state index is 13.1.